The van der Waals surface area contributed by atoms with Crippen molar-refractivity contribution in [3.05, 3.63) is 0 Å². The maximum absolute atomic E-state index is 11.5. The highest BCUT2D eigenvalue weighted by Crippen LogP contribution is 2.54. The molecular formula is C13H22O. The first kappa shape index (κ1) is 10.2. The Bertz CT molecular complexity index is 254. The third-order valence-electron chi connectivity index (χ3n) is 4.61. The van der Waals surface area contributed by atoms with E-state index in [1.807, 2.05) is 0 Å². The van der Waals surface area contributed by atoms with Crippen LogP contribution in [0.2, 0.25) is 0 Å². The largest absolute Gasteiger partial charge is 0.300 e. The van der Waals surface area contributed by atoms with Crippen LogP contribution in [0.4, 0.5) is 0 Å². The molecule has 0 unspecified atom stereocenters. The molecule has 80 valence electrons. The average Bonchev–Trinajstić information content (AvgIpc) is 2.08. The highest BCUT2D eigenvalue weighted by atomic mass is 16.1. The van der Waals surface area contributed by atoms with Gasteiger partial charge in [-0.3, -0.25) is 4.79 Å². The summed E-state index contributed by atoms with van der Waals surface area (Å²) in [5, 5.41) is 0. The fourth-order valence-corrected chi connectivity index (χ4v) is 3.29. The molecule has 0 radical (unpaired) electrons. The average molecular weight is 194 g/mol. The fourth-order valence-electron chi connectivity index (χ4n) is 3.29. The quantitative estimate of drug-likeness (QED) is 0.576. The molecule has 0 saturated heterocycles. The van der Waals surface area contributed by atoms with Gasteiger partial charge in [-0.1, -0.05) is 20.8 Å². The van der Waals surface area contributed by atoms with Crippen molar-refractivity contribution < 1.29 is 4.79 Å². The molecule has 0 heterocycles. The standard InChI is InChI=1S/C13H22O/c1-12(2)6-7-13(3)5-4-11(14)8-10(13)9-12/h10H,4-9H2,1-3H3/t10-,13-/m0/s1. The van der Waals surface area contributed by atoms with Crippen LogP contribution in [-0.2, 0) is 4.79 Å². The summed E-state index contributed by atoms with van der Waals surface area (Å²) in [6.07, 6.45) is 6.78. The minimum atomic E-state index is 0.474. The Labute approximate surface area is 87.3 Å². The van der Waals surface area contributed by atoms with Crippen LogP contribution in [-0.4, -0.2) is 5.78 Å². The number of hydrogen-bond donors (Lipinski definition) is 0. The fraction of sp³-hybridized carbons (Fsp3) is 0.923. The van der Waals surface area contributed by atoms with Crippen molar-refractivity contribution in [3.63, 3.8) is 0 Å². The Morgan fingerprint density at radius 2 is 1.86 bits per heavy atom. The van der Waals surface area contributed by atoms with Crippen LogP contribution in [0.3, 0.4) is 0 Å². The van der Waals surface area contributed by atoms with Gasteiger partial charge in [0.05, 0.1) is 0 Å². The van der Waals surface area contributed by atoms with Crippen molar-refractivity contribution in [2.45, 2.75) is 59.3 Å². The number of ketones is 1. The van der Waals surface area contributed by atoms with Gasteiger partial charge in [0.15, 0.2) is 0 Å². The van der Waals surface area contributed by atoms with E-state index in [0.717, 1.165) is 19.3 Å². The second-order valence-corrected chi connectivity index (χ2v) is 6.46. The van der Waals surface area contributed by atoms with E-state index in [0.29, 0.717) is 22.5 Å². The monoisotopic (exact) mass is 194 g/mol. The lowest BCUT2D eigenvalue weighted by Gasteiger charge is -2.50. The number of carbonyl (C=O) groups excluding carboxylic acids is 1. The van der Waals surface area contributed by atoms with E-state index in [2.05, 4.69) is 20.8 Å². The minimum absolute atomic E-state index is 0.474. The van der Waals surface area contributed by atoms with Crippen molar-refractivity contribution in [1.29, 1.82) is 0 Å². The van der Waals surface area contributed by atoms with E-state index in [1.165, 1.54) is 19.3 Å². The molecule has 0 bridgehead atoms. The highest BCUT2D eigenvalue weighted by Gasteiger charge is 2.45. The van der Waals surface area contributed by atoms with Gasteiger partial charge in [-0.2, -0.15) is 0 Å². The summed E-state index contributed by atoms with van der Waals surface area (Å²) in [4.78, 5) is 11.5. The molecule has 2 saturated carbocycles. The first-order valence-electron chi connectivity index (χ1n) is 5.93. The third kappa shape index (κ3) is 1.74. The summed E-state index contributed by atoms with van der Waals surface area (Å²) in [6.45, 7) is 7.11. The van der Waals surface area contributed by atoms with Crippen LogP contribution in [0.5, 0.6) is 0 Å². The normalized spacial score (nSPS) is 41.9. The van der Waals surface area contributed by atoms with Crippen molar-refractivity contribution in [2.75, 3.05) is 0 Å². The van der Waals surface area contributed by atoms with Gasteiger partial charge >= 0.3 is 0 Å². The summed E-state index contributed by atoms with van der Waals surface area (Å²) >= 11 is 0. The van der Waals surface area contributed by atoms with Gasteiger partial charge < -0.3 is 0 Å². The lowest BCUT2D eigenvalue weighted by atomic mass is 9.55. The molecule has 2 aliphatic carbocycles. The topological polar surface area (TPSA) is 17.1 Å². The maximum atomic E-state index is 11.5. The van der Waals surface area contributed by atoms with Gasteiger partial charge in [-0.05, 0) is 42.4 Å². The maximum Gasteiger partial charge on any atom is 0.133 e. The predicted molar refractivity (Wildman–Crippen MR) is 58.1 cm³/mol. The Balaban J connectivity index is 2.15. The first-order chi connectivity index (χ1) is 6.41. The highest BCUT2D eigenvalue weighted by molar-refractivity contribution is 5.79. The zero-order valence-corrected chi connectivity index (χ0v) is 9.73. The lowest BCUT2D eigenvalue weighted by molar-refractivity contribution is -0.127. The summed E-state index contributed by atoms with van der Waals surface area (Å²) in [5.41, 5.74) is 0.964. The van der Waals surface area contributed by atoms with Gasteiger partial charge in [0.1, 0.15) is 5.78 Å². The Kier molecular flexibility index (Phi) is 2.24. The zero-order chi connectivity index (χ0) is 10.4. The summed E-state index contributed by atoms with van der Waals surface area (Å²) in [7, 11) is 0. The van der Waals surface area contributed by atoms with Crippen molar-refractivity contribution >= 4 is 5.78 Å². The Morgan fingerprint density at radius 1 is 1.14 bits per heavy atom. The number of carbonyl (C=O) groups is 1. The molecule has 2 atom stereocenters. The number of Topliss-reactive ketones (excluding diaryl/α,β-unsaturated/α-hetero) is 1. The molecule has 0 amide bonds. The molecule has 0 spiro atoms. The summed E-state index contributed by atoms with van der Waals surface area (Å²) in [6, 6.07) is 0. The summed E-state index contributed by atoms with van der Waals surface area (Å²) < 4.78 is 0. The van der Waals surface area contributed by atoms with Gasteiger partial charge in [0.25, 0.3) is 0 Å². The van der Waals surface area contributed by atoms with Crippen LogP contribution in [0.25, 0.3) is 0 Å². The Morgan fingerprint density at radius 3 is 2.57 bits per heavy atom. The molecule has 1 nitrogen and oxygen atoms in total. The molecule has 0 N–H and O–H groups in total. The first-order valence-corrected chi connectivity index (χ1v) is 5.93. The van der Waals surface area contributed by atoms with Gasteiger partial charge in [0.2, 0.25) is 0 Å². The van der Waals surface area contributed by atoms with E-state index in [4.69, 9.17) is 0 Å². The molecule has 2 fully saturated rings. The SMILES string of the molecule is CC1(C)CC[C@]2(C)CCC(=O)C[C@H]2C1. The van der Waals surface area contributed by atoms with Crippen LogP contribution in [0.1, 0.15) is 59.3 Å². The smallest absolute Gasteiger partial charge is 0.133 e. The van der Waals surface area contributed by atoms with Gasteiger partial charge in [-0.25, -0.2) is 0 Å². The number of rotatable bonds is 0. The molecule has 2 aliphatic rings. The van der Waals surface area contributed by atoms with Crippen LogP contribution in [0.15, 0.2) is 0 Å². The van der Waals surface area contributed by atoms with E-state index < -0.39 is 0 Å². The minimum Gasteiger partial charge on any atom is -0.300 e. The Hall–Kier alpha value is -0.330. The molecule has 0 aromatic carbocycles. The van der Waals surface area contributed by atoms with Crippen molar-refractivity contribution in [2.24, 2.45) is 16.7 Å². The van der Waals surface area contributed by atoms with Crippen molar-refractivity contribution in [1.82, 2.24) is 0 Å². The third-order valence-corrected chi connectivity index (χ3v) is 4.61. The summed E-state index contributed by atoms with van der Waals surface area (Å²) in [5.74, 6) is 1.18. The van der Waals surface area contributed by atoms with E-state index in [9.17, 15) is 4.79 Å². The van der Waals surface area contributed by atoms with Crippen LogP contribution in [0, 0.1) is 16.7 Å². The van der Waals surface area contributed by atoms with E-state index >= 15 is 0 Å². The number of fused-ring (bicyclic) bond motifs is 1. The molecular weight excluding hydrogens is 172 g/mol. The molecule has 14 heavy (non-hydrogen) atoms. The molecule has 0 aromatic heterocycles. The molecule has 0 aromatic rings. The second kappa shape index (κ2) is 3.08. The molecule has 1 heteroatoms. The zero-order valence-electron chi connectivity index (χ0n) is 9.73. The lowest BCUT2D eigenvalue weighted by Crippen LogP contribution is -2.41. The van der Waals surface area contributed by atoms with Gasteiger partial charge in [-0.15, -0.1) is 0 Å². The van der Waals surface area contributed by atoms with Crippen LogP contribution < -0.4 is 0 Å². The van der Waals surface area contributed by atoms with Gasteiger partial charge in [0, 0.05) is 12.8 Å². The van der Waals surface area contributed by atoms with Crippen LogP contribution >= 0.6 is 0 Å². The number of hydrogen-bond acceptors (Lipinski definition) is 1. The predicted octanol–water partition coefficient (Wildman–Crippen LogP) is 3.57. The van der Waals surface area contributed by atoms with Crippen molar-refractivity contribution in [3.8, 4) is 0 Å². The second-order valence-electron chi connectivity index (χ2n) is 6.46. The molecule has 2 rings (SSSR count). The molecule has 0 aliphatic heterocycles. The van der Waals surface area contributed by atoms with E-state index in [-0.39, 0.29) is 0 Å². The van der Waals surface area contributed by atoms with E-state index in [1.54, 1.807) is 0 Å².